The molecule has 0 radical (unpaired) electrons. The van der Waals surface area contributed by atoms with Crippen molar-refractivity contribution in [3.05, 3.63) is 64.2 Å². The summed E-state index contributed by atoms with van der Waals surface area (Å²) in [6, 6.07) is 14.5. The standard InChI is InChI=1S/C18H22ClNO/c1-13(2)20-11-16-10-14(3)8-9-18(16)21-12-15-6-4-5-7-17(15)19/h4-10,13,20H,11-12H2,1-3H3. The molecule has 112 valence electrons. The topological polar surface area (TPSA) is 21.3 Å². The number of hydrogen-bond acceptors (Lipinski definition) is 2. The zero-order valence-corrected chi connectivity index (χ0v) is 13.6. The van der Waals surface area contributed by atoms with E-state index in [9.17, 15) is 0 Å². The number of hydrogen-bond donors (Lipinski definition) is 1. The summed E-state index contributed by atoms with van der Waals surface area (Å²) in [6.45, 7) is 7.66. The summed E-state index contributed by atoms with van der Waals surface area (Å²) < 4.78 is 5.97. The summed E-state index contributed by atoms with van der Waals surface area (Å²) in [4.78, 5) is 0. The fraction of sp³-hybridized carbons (Fsp3) is 0.333. The van der Waals surface area contributed by atoms with Crippen LogP contribution in [0.25, 0.3) is 0 Å². The molecule has 0 spiro atoms. The molecule has 0 saturated heterocycles. The summed E-state index contributed by atoms with van der Waals surface area (Å²) in [6.07, 6.45) is 0. The molecule has 0 fully saturated rings. The monoisotopic (exact) mass is 303 g/mol. The smallest absolute Gasteiger partial charge is 0.124 e. The van der Waals surface area contributed by atoms with Crippen LogP contribution in [0.5, 0.6) is 5.75 Å². The molecular formula is C18H22ClNO. The van der Waals surface area contributed by atoms with E-state index in [1.807, 2.05) is 30.3 Å². The van der Waals surface area contributed by atoms with Gasteiger partial charge in [-0.1, -0.05) is 61.3 Å². The number of nitrogens with one attached hydrogen (secondary N) is 1. The van der Waals surface area contributed by atoms with E-state index in [0.717, 1.165) is 22.9 Å². The van der Waals surface area contributed by atoms with E-state index in [4.69, 9.17) is 16.3 Å². The maximum Gasteiger partial charge on any atom is 0.124 e. The molecular weight excluding hydrogens is 282 g/mol. The van der Waals surface area contributed by atoms with E-state index in [-0.39, 0.29) is 0 Å². The lowest BCUT2D eigenvalue weighted by molar-refractivity contribution is 0.302. The van der Waals surface area contributed by atoms with E-state index >= 15 is 0 Å². The van der Waals surface area contributed by atoms with Gasteiger partial charge in [0.05, 0.1) is 0 Å². The molecule has 1 N–H and O–H groups in total. The molecule has 0 aliphatic carbocycles. The molecule has 2 rings (SSSR count). The first kappa shape index (κ1) is 15.9. The molecule has 0 heterocycles. The molecule has 0 saturated carbocycles. The van der Waals surface area contributed by atoms with Crippen LogP contribution in [-0.4, -0.2) is 6.04 Å². The third kappa shape index (κ3) is 4.76. The molecule has 2 aromatic rings. The Morgan fingerprint density at radius 1 is 1.10 bits per heavy atom. The van der Waals surface area contributed by atoms with Gasteiger partial charge < -0.3 is 10.1 Å². The van der Waals surface area contributed by atoms with Crippen molar-refractivity contribution in [2.45, 2.75) is 40.0 Å². The predicted octanol–water partition coefficient (Wildman–Crippen LogP) is 4.73. The van der Waals surface area contributed by atoms with Gasteiger partial charge in [-0.05, 0) is 19.1 Å². The molecule has 3 heteroatoms. The van der Waals surface area contributed by atoms with Crippen LogP contribution in [0.1, 0.15) is 30.5 Å². The Bertz CT molecular complexity index is 596. The molecule has 21 heavy (non-hydrogen) atoms. The SMILES string of the molecule is Cc1ccc(OCc2ccccc2Cl)c(CNC(C)C)c1. The molecule has 0 atom stereocenters. The highest BCUT2D eigenvalue weighted by Gasteiger charge is 2.07. The van der Waals surface area contributed by atoms with Gasteiger partial charge in [0.25, 0.3) is 0 Å². The van der Waals surface area contributed by atoms with Gasteiger partial charge in [-0.15, -0.1) is 0 Å². The predicted molar refractivity (Wildman–Crippen MR) is 88.9 cm³/mol. The summed E-state index contributed by atoms with van der Waals surface area (Å²) >= 11 is 6.17. The summed E-state index contributed by atoms with van der Waals surface area (Å²) in [5.74, 6) is 0.911. The molecule has 0 aliphatic rings. The second-order valence-corrected chi connectivity index (χ2v) is 5.93. The molecule has 0 aliphatic heterocycles. The normalized spacial score (nSPS) is 10.9. The highest BCUT2D eigenvalue weighted by molar-refractivity contribution is 6.31. The number of ether oxygens (including phenoxy) is 1. The van der Waals surface area contributed by atoms with Crippen LogP contribution < -0.4 is 10.1 Å². The second kappa shape index (κ2) is 7.48. The highest BCUT2D eigenvalue weighted by atomic mass is 35.5. The largest absolute Gasteiger partial charge is 0.489 e. The first-order valence-corrected chi connectivity index (χ1v) is 7.63. The third-order valence-corrected chi connectivity index (χ3v) is 3.63. The van der Waals surface area contributed by atoms with E-state index in [1.54, 1.807) is 0 Å². The van der Waals surface area contributed by atoms with Crippen LogP contribution in [0.15, 0.2) is 42.5 Å². The van der Waals surface area contributed by atoms with Gasteiger partial charge in [0.15, 0.2) is 0 Å². The van der Waals surface area contributed by atoms with Crippen molar-refractivity contribution in [3.63, 3.8) is 0 Å². The van der Waals surface area contributed by atoms with Crippen LogP contribution in [0.2, 0.25) is 5.02 Å². The van der Waals surface area contributed by atoms with Crippen molar-refractivity contribution < 1.29 is 4.74 Å². The fourth-order valence-electron chi connectivity index (χ4n) is 2.07. The van der Waals surface area contributed by atoms with Gasteiger partial charge in [-0.3, -0.25) is 0 Å². The Morgan fingerprint density at radius 3 is 2.57 bits per heavy atom. The van der Waals surface area contributed by atoms with Gasteiger partial charge in [0.2, 0.25) is 0 Å². The van der Waals surface area contributed by atoms with Crippen LogP contribution in [-0.2, 0) is 13.2 Å². The molecule has 2 nitrogen and oxygen atoms in total. The van der Waals surface area contributed by atoms with E-state index < -0.39 is 0 Å². The van der Waals surface area contributed by atoms with Crippen LogP contribution in [0.3, 0.4) is 0 Å². The van der Waals surface area contributed by atoms with E-state index in [1.165, 1.54) is 11.1 Å². The minimum atomic E-state index is 0.446. The first-order valence-electron chi connectivity index (χ1n) is 7.25. The maximum absolute atomic E-state index is 6.17. The summed E-state index contributed by atoms with van der Waals surface area (Å²) in [5.41, 5.74) is 3.42. The van der Waals surface area contributed by atoms with E-state index in [2.05, 4.69) is 38.2 Å². The Labute approximate surface area is 132 Å². The number of aryl methyl sites for hydroxylation is 1. The van der Waals surface area contributed by atoms with Crippen molar-refractivity contribution in [3.8, 4) is 5.75 Å². The first-order chi connectivity index (χ1) is 10.1. The van der Waals surface area contributed by atoms with E-state index in [0.29, 0.717) is 12.6 Å². The minimum absolute atomic E-state index is 0.446. The zero-order valence-electron chi connectivity index (χ0n) is 12.8. The lowest BCUT2D eigenvalue weighted by Crippen LogP contribution is -2.22. The van der Waals surface area contributed by atoms with Gasteiger partial charge in [-0.2, -0.15) is 0 Å². The summed E-state index contributed by atoms with van der Waals surface area (Å²) in [5, 5.41) is 4.17. The average molecular weight is 304 g/mol. The Morgan fingerprint density at radius 2 is 1.86 bits per heavy atom. The maximum atomic E-state index is 6.17. The van der Waals surface area contributed by atoms with Crippen molar-refractivity contribution in [2.24, 2.45) is 0 Å². The Hall–Kier alpha value is -1.51. The minimum Gasteiger partial charge on any atom is -0.489 e. The van der Waals surface area contributed by atoms with Gasteiger partial charge in [0.1, 0.15) is 12.4 Å². The molecule has 0 amide bonds. The molecule has 0 unspecified atom stereocenters. The van der Waals surface area contributed by atoms with Crippen molar-refractivity contribution in [1.82, 2.24) is 5.32 Å². The van der Waals surface area contributed by atoms with Gasteiger partial charge in [0, 0.05) is 28.7 Å². The fourth-order valence-corrected chi connectivity index (χ4v) is 2.26. The Kier molecular flexibility index (Phi) is 5.66. The quantitative estimate of drug-likeness (QED) is 0.833. The molecule has 0 aromatic heterocycles. The number of rotatable bonds is 6. The number of benzene rings is 2. The van der Waals surface area contributed by atoms with Crippen molar-refractivity contribution in [2.75, 3.05) is 0 Å². The summed E-state index contributed by atoms with van der Waals surface area (Å²) in [7, 11) is 0. The van der Waals surface area contributed by atoms with Crippen molar-refractivity contribution in [1.29, 1.82) is 0 Å². The van der Waals surface area contributed by atoms with Crippen LogP contribution >= 0.6 is 11.6 Å². The van der Waals surface area contributed by atoms with Crippen LogP contribution in [0, 0.1) is 6.92 Å². The number of halogens is 1. The van der Waals surface area contributed by atoms with Gasteiger partial charge in [-0.25, -0.2) is 0 Å². The molecule has 2 aromatic carbocycles. The average Bonchev–Trinajstić information content (AvgIpc) is 2.45. The lowest BCUT2D eigenvalue weighted by Gasteiger charge is -2.15. The van der Waals surface area contributed by atoms with Crippen molar-refractivity contribution >= 4 is 11.6 Å². The zero-order chi connectivity index (χ0) is 15.2. The highest BCUT2D eigenvalue weighted by Crippen LogP contribution is 2.23. The Balaban J connectivity index is 2.10. The lowest BCUT2D eigenvalue weighted by atomic mass is 10.1. The third-order valence-electron chi connectivity index (χ3n) is 3.26. The van der Waals surface area contributed by atoms with Gasteiger partial charge >= 0.3 is 0 Å². The van der Waals surface area contributed by atoms with Crippen LogP contribution in [0.4, 0.5) is 0 Å². The second-order valence-electron chi connectivity index (χ2n) is 5.53. The molecule has 0 bridgehead atoms.